The van der Waals surface area contributed by atoms with E-state index in [0.717, 1.165) is 26.1 Å². The first-order valence-electron chi connectivity index (χ1n) is 6.85. The zero-order valence-corrected chi connectivity index (χ0v) is 12.2. The molecule has 0 saturated heterocycles. The molecule has 0 unspecified atom stereocenters. The predicted molar refractivity (Wildman–Crippen MR) is 77.5 cm³/mol. The smallest absolute Gasteiger partial charge is 0.0719 e. The van der Waals surface area contributed by atoms with Crippen molar-refractivity contribution in [3.63, 3.8) is 0 Å². The highest BCUT2D eigenvalue weighted by Gasteiger charge is 2.15. The van der Waals surface area contributed by atoms with Gasteiger partial charge in [0.15, 0.2) is 0 Å². The van der Waals surface area contributed by atoms with Crippen molar-refractivity contribution in [2.75, 3.05) is 13.2 Å². The van der Waals surface area contributed by atoms with E-state index in [-0.39, 0.29) is 5.41 Å². The van der Waals surface area contributed by atoms with Crippen LogP contribution in [0.25, 0.3) is 0 Å². The molecule has 104 valence electrons. The number of benzene rings is 1. The molecule has 0 aromatic heterocycles. The van der Waals surface area contributed by atoms with Crippen LogP contribution in [0.4, 0.5) is 0 Å². The van der Waals surface area contributed by atoms with Crippen LogP contribution in [0.5, 0.6) is 0 Å². The quantitative estimate of drug-likeness (QED) is 0.730. The Morgan fingerprint density at radius 3 is 2.58 bits per heavy atom. The minimum Gasteiger partial charge on any atom is -0.377 e. The van der Waals surface area contributed by atoms with Crippen LogP contribution < -0.4 is 5.32 Å². The lowest BCUT2D eigenvalue weighted by Gasteiger charge is -2.16. The Hall–Kier alpha value is -1.37. The molecule has 0 aliphatic carbocycles. The Kier molecular flexibility index (Phi) is 6.55. The van der Waals surface area contributed by atoms with Crippen LogP contribution in [-0.4, -0.2) is 13.2 Å². The lowest BCUT2D eigenvalue weighted by Crippen LogP contribution is -2.21. The van der Waals surface area contributed by atoms with Crippen molar-refractivity contribution < 1.29 is 4.74 Å². The van der Waals surface area contributed by atoms with Gasteiger partial charge in [-0.1, -0.05) is 24.3 Å². The molecule has 3 nitrogen and oxygen atoms in total. The monoisotopic (exact) mass is 260 g/mol. The maximum absolute atomic E-state index is 8.96. The summed E-state index contributed by atoms with van der Waals surface area (Å²) < 4.78 is 5.47. The molecule has 19 heavy (non-hydrogen) atoms. The molecule has 0 fully saturated rings. The summed E-state index contributed by atoms with van der Waals surface area (Å²) in [7, 11) is 0. The van der Waals surface area contributed by atoms with Crippen molar-refractivity contribution in [1.82, 2.24) is 5.32 Å². The molecular weight excluding hydrogens is 236 g/mol. The molecule has 1 N–H and O–H groups in total. The van der Waals surface area contributed by atoms with Crippen LogP contribution in [0.2, 0.25) is 0 Å². The third-order valence-corrected chi connectivity index (χ3v) is 3.12. The average Bonchev–Trinajstić information content (AvgIpc) is 2.42. The molecule has 1 aromatic rings. The Bertz CT molecular complexity index is 421. The molecule has 0 heterocycles. The zero-order valence-electron chi connectivity index (χ0n) is 12.2. The first-order valence-corrected chi connectivity index (χ1v) is 6.85. The largest absolute Gasteiger partial charge is 0.377 e. The third kappa shape index (κ3) is 5.87. The third-order valence-electron chi connectivity index (χ3n) is 3.12. The first-order chi connectivity index (χ1) is 9.09. The fourth-order valence-corrected chi connectivity index (χ4v) is 1.76. The number of hydrogen-bond donors (Lipinski definition) is 1. The molecular formula is C16H24N2O. The maximum atomic E-state index is 8.96. The molecule has 0 amide bonds. The summed E-state index contributed by atoms with van der Waals surface area (Å²) in [5.74, 6) is 0. The number of nitrogens with zero attached hydrogens (tertiary/aromatic N) is 1. The van der Waals surface area contributed by atoms with Crippen molar-refractivity contribution in [1.29, 1.82) is 5.26 Å². The lowest BCUT2D eigenvalue weighted by molar-refractivity contribution is 0.133. The van der Waals surface area contributed by atoms with Crippen molar-refractivity contribution in [3.05, 3.63) is 35.4 Å². The fraction of sp³-hybridized carbons (Fsp3) is 0.562. The highest BCUT2D eigenvalue weighted by molar-refractivity contribution is 5.26. The molecule has 0 radical (unpaired) electrons. The Morgan fingerprint density at radius 2 is 1.95 bits per heavy atom. The minimum absolute atomic E-state index is 0.252. The topological polar surface area (TPSA) is 45.0 Å². The number of ether oxygens (including phenoxy) is 1. The van der Waals surface area contributed by atoms with Gasteiger partial charge in [-0.15, -0.1) is 0 Å². The van der Waals surface area contributed by atoms with Gasteiger partial charge in [-0.25, -0.2) is 0 Å². The van der Waals surface area contributed by atoms with Gasteiger partial charge in [0.25, 0.3) is 0 Å². The molecule has 0 aliphatic rings. The second kappa shape index (κ2) is 7.93. The molecule has 1 aromatic carbocycles. The number of nitrogens with one attached hydrogen (secondary N) is 1. The summed E-state index contributed by atoms with van der Waals surface area (Å²) in [4.78, 5) is 0. The van der Waals surface area contributed by atoms with Crippen LogP contribution in [0.3, 0.4) is 0 Å². The normalized spacial score (nSPS) is 11.3. The van der Waals surface area contributed by atoms with Crippen molar-refractivity contribution in [3.8, 4) is 6.07 Å². The molecule has 1 rings (SSSR count). The number of rotatable bonds is 8. The fourth-order valence-electron chi connectivity index (χ4n) is 1.76. The van der Waals surface area contributed by atoms with Gasteiger partial charge in [-0.05, 0) is 44.9 Å². The zero-order chi connectivity index (χ0) is 14.1. The average molecular weight is 260 g/mol. The van der Waals surface area contributed by atoms with Crippen molar-refractivity contribution in [2.24, 2.45) is 5.41 Å². The van der Waals surface area contributed by atoms with Gasteiger partial charge in [0.05, 0.1) is 18.1 Å². The van der Waals surface area contributed by atoms with Gasteiger partial charge < -0.3 is 10.1 Å². The molecule has 0 saturated carbocycles. The van der Waals surface area contributed by atoms with E-state index in [4.69, 9.17) is 10.00 Å². The molecule has 3 heteroatoms. The summed E-state index contributed by atoms with van der Waals surface area (Å²) in [6, 6.07) is 10.6. The van der Waals surface area contributed by atoms with E-state index < -0.39 is 0 Å². The van der Waals surface area contributed by atoms with Crippen LogP contribution >= 0.6 is 0 Å². The van der Waals surface area contributed by atoms with Gasteiger partial charge in [-0.3, -0.25) is 0 Å². The van der Waals surface area contributed by atoms with E-state index in [1.165, 1.54) is 11.1 Å². The van der Waals surface area contributed by atoms with Crippen molar-refractivity contribution >= 4 is 0 Å². The van der Waals surface area contributed by atoms with E-state index in [2.05, 4.69) is 23.5 Å². The lowest BCUT2D eigenvalue weighted by atomic mass is 9.91. The van der Waals surface area contributed by atoms with E-state index in [0.29, 0.717) is 6.61 Å². The van der Waals surface area contributed by atoms with Gasteiger partial charge in [0, 0.05) is 13.2 Å². The van der Waals surface area contributed by atoms with Gasteiger partial charge >= 0.3 is 0 Å². The summed E-state index contributed by atoms with van der Waals surface area (Å²) in [6.07, 6.45) is 0.858. The SMILES string of the molecule is CCOCc1ccccc1CNCCC(C)(C)C#N. The molecule has 0 bridgehead atoms. The van der Waals surface area contributed by atoms with Crippen molar-refractivity contribution in [2.45, 2.75) is 40.3 Å². The Labute approximate surface area is 116 Å². The molecule has 0 atom stereocenters. The van der Waals surface area contributed by atoms with Gasteiger partial charge in [-0.2, -0.15) is 5.26 Å². The second-order valence-electron chi connectivity index (χ2n) is 5.33. The highest BCUT2D eigenvalue weighted by Crippen LogP contribution is 2.17. The summed E-state index contributed by atoms with van der Waals surface area (Å²) in [6.45, 7) is 9.02. The standard InChI is InChI=1S/C16H24N2O/c1-4-19-12-15-8-6-5-7-14(15)11-18-10-9-16(2,3)13-17/h5-8,18H,4,9-12H2,1-3H3. The Balaban J connectivity index is 2.43. The van der Waals surface area contributed by atoms with Crippen LogP contribution in [-0.2, 0) is 17.9 Å². The summed E-state index contributed by atoms with van der Waals surface area (Å²) >= 11 is 0. The van der Waals surface area contributed by atoms with Gasteiger partial charge in [0.1, 0.15) is 0 Å². The van der Waals surface area contributed by atoms with E-state index >= 15 is 0 Å². The van der Waals surface area contributed by atoms with E-state index in [9.17, 15) is 0 Å². The molecule has 0 spiro atoms. The summed E-state index contributed by atoms with van der Waals surface area (Å²) in [5.41, 5.74) is 2.25. The van der Waals surface area contributed by atoms with Gasteiger partial charge in [0.2, 0.25) is 0 Å². The summed E-state index contributed by atoms with van der Waals surface area (Å²) in [5, 5.41) is 12.4. The van der Waals surface area contributed by atoms with Crippen LogP contribution in [0, 0.1) is 16.7 Å². The minimum atomic E-state index is -0.252. The molecule has 0 aliphatic heterocycles. The van der Waals surface area contributed by atoms with E-state index in [1.54, 1.807) is 0 Å². The number of nitriles is 1. The maximum Gasteiger partial charge on any atom is 0.0719 e. The highest BCUT2D eigenvalue weighted by atomic mass is 16.5. The van der Waals surface area contributed by atoms with Crippen LogP contribution in [0.1, 0.15) is 38.3 Å². The van der Waals surface area contributed by atoms with E-state index in [1.807, 2.05) is 32.9 Å². The second-order valence-corrected chi connectivity index (χ2v) is 5.33. The predicted octanol–water partition coefficient (Wildman–Crippen LogP) is 3.25. The number of hydrogen-bond acceptors (Lipinski definition) is 3. The first kappa shape index (κ1) is 15.7. The van der Waals surface area contributed by atoms with Crippen LogP contribution in [0.15, 0.2) is 24.3 Å². The Morgan fingerprint density at radius 1 is 1.26 bits per heavy atom.